The fourth-order valence-corrected chi connectivity index (χ4v) is 5.63. The largest absolute Gasteiger partial charge is 0.496 e. The Balaban J connectivity index is 1.31. The Kier molecular flexibility index (Phi) is 8.27. The van der Waals surface area contributed by atoms with Gasteiger partial charge in [0.15, 0.2) is 5.60 Å². The summed E-state index contributed by atoms with van der Waals surface area (Å²) in [6.07, 6.45) is -0.0981. The summed E-state index contributed by atoms with van der Waals surface area (Å²) in [5, 5.41) is 12.8. The molecule has 3 aromatic rings. The number of hydrogen-bond donors (Lipinski definition) is 1. The van der Waals surface area contributed by atoms with Gasteiger partial charge in [0.25, 0.3) is 5.91 Å². The molecule has 2 aliphatic rings. The van der Waals surface area contributed by atoms with E-state index in [4.69, 9.17) is 14.7 Å². The fraction of sp³-hybridized carbons (Fsp3) is 0.333. The number of carbonyl (C=O) groups excluding carboxylic acids is 3. The third-order valence-corrected chi connectivity index (χ3v) is 7.99. The lowest BCUT2D eigenvalue weighted by molar-refractivity contribution is -0.140. The summed E-state index contributed by atoms with van der Waals surface area (Å²) in [4.78, 5) is 40.8. The Morgan fingerprint density at radius 1 is 1.07 bits per heavy atom. The first-order valence-corrected chi connectivity index (χ1v) is 14.0. The molecule has 0 radical (unpaired) electrons. The van der Waals surface area contributed by atoms with E-state index in [0.29, 0.717) is 31.6 Å². The molecule has 0 saturated carbocycles. The highest BCUT2D eigenvalue weighted by atomic mass is 16.6. The first-order chi connectivity index (χ1) is 20.2. The molecular weight excluding hydrogens is 532 g/mol. The van der Waals surface area contributed by atoms with E-state index in [1.807, 2.05) is 42.5 Å². The smallest absolute Gasteiger partial charge is 0.418 e. The van der Waals surface area contributed by atoms with E-state index in [1.165, 1.54) is 13.8 Å². The maximum Gasteiger partial charge on any atom is 0.418 e. The minimum Gasteiger partial charge on any atom is -0.496 e. The summed E-state index contributed by atoms with van der Waals surface area (Å²) in [7, 11) is 1.65. The van der Waals surface area contributed by atoms with E-state index in [-0.39, 0.29) is 24.4 Å². The fourth-order valence-electron chi connectivity index (χ4n) is 5.63. The van der Waals surface area contributed by atoms with Gasteiger partial charge in [-0.15, -0.1) is 0 Å². The van der Waals surface area contributed by atoms with Gasteiger partial charge in [0, 0.05) is 37.2 Å². The van der Waals surface area contributed by atoms with Crippen LogP contribution in [0.2, 0.25) is 0 Å². The van der Waals surface area contributed by atoms with Crippen LogP contribution < -0.4 is 10.1 Å². The van der Waals surface area contributed by atoms with Crippen molar-refractivity contribution in [1.82, 2.24) is 15.1 Å². The number of carbonyl (C=O) groups is 3. The zero-order chi connectivity index (χ0) is 29.9. The van der Waals surface area contributed by atoms with Crippen molar-refractivity contribution >= 4 is 17.9 Å². The number of nitrogens with one attached hydrogen (secondary N) is 1. The molecule has 2 aliphatic heterocycles. The molecule has 0 aliphatic carbocycles. The molecule has 9 heteroatoms. The number of benzene rings is 3. The molecule has 3 amide bonds. The van der Waals surface area contributed by atoms with Crippen molar-refractivity contribution in [3.05, 3.63) is 89.5 Å². The molecule has 3 aromatic carbocycles. The Labute approximate surface area is 245 Å². The van der Waals surface area contributed by atoms with Crippen LogP contribution >= 0.6 is 0 Å². The normalized spacial score (nSPS) is 19.8. The molecule has 9 nitrogen and oxygen atoms in total. The summed E-state index contributed by atoms with van der Waals surface area (Å²) in [5.41, 5.74) is 3.48. The SMILES string of the molecule is COc1ccc(-c2ccc(C#N)cc2)cc1CN[C@H]1CCN(C(=O)CN2C(=O)OC(C)(C)C2=O)C[C@H]1c1ccccc1. The van der Waals surface area contributed by atoms with Gasteiger partial charge in [-0.25, -0.2) is 9.69 Å². The minimum atomic E-state index is -1.26. The van der Waals surface area contributed by atoms with Crippen molar-refractivity contribution in [3.63, 3.8) is 0 Å². The molecule has 1 N–H and O–H groups in total. The highest BCUT2D eigenvalue weighted by molar-refractivity contribution is 6.04. The van der Waals surface area contributed by atoms with Crippen LogP contribution in [-0.2, 0) is 20.9 Å². The van der Waals surface area contributed by atoms with Gasteiger partial charge >= 0.3 is 6.09 Å². The van der Waals surface area contributed by atoms with Gasteiger partial charge in [0.05, 0.1) is 18.7 Å². The average Bonchev–Trinajstić information content (AvgIpc) is 3.21. The summed E-state index contributed by atoms with van der Waals surface area (Å²) in [6.45, 7) is 4.20. The van der Waals surface area contributed by atoms with Crippen LogP contribution in [0.3, 0.4) is 0 Å². The van der Waals surface area contributed by atoms with Crippen molar-refractivity contribution in [2.75, 3.05) is 26.7 Å². The van der Waals surface area contributed by atoms with Crippen molar-refractivity contribution in [3.8, 4) is 22.9 Å². The summed E-state index contributed by atoms with van der Waals surface area (Å²) in [6, 6.07) is 25.8. The third-order valence-electron chi connectivity index (χ3n) is 7.99. The van der Waals surface area contributed by atoms with Crippen molar-refractivity contribution in [2.24, 2.45) is 0 Å². The number of ether oxygens (including phenoxy) is 2. The number of rotatable bonds is 8. The monoisotopic (exact) mass is 566 g/mol. The number of imide groups is 1. The molecular formula is C33H34N4O5. The van der Waals surface area contributed by atoms with E-state index in [2.05, 4.69) is 29.6 Å². The van der Waals surface area contributed by atoms with E-state index in [9.17, 15) is 14.4 Å². The molecule has 2 saturated heterocycles. The Morgan fingerprint density at radius 3 is 2.43 bits per heavy atom. The van der Waals surface area contributed by atoms with Crippen LogP contribution in [0.15, 0.2) is 72.8 Å². The molecule has 216 valence electrons. The standard InChI is InChI=1S/C33H34N4O5/c1-33(2)31(39)37(32(40)42-33)21-30(38)36-16-15-28(27(20-36)24-7-5-4-6-8-24)35-19-26-17-25(13-14-29(26)41-3)23-11-9-22(18-34)10-12-23/h4-14,17,27-28,35H,15-16,19-21H2,1-3H3/t27-,28-/m0/s1. The van der Waals surface area contributed by atoms with Crippen molar-refractivity contribution < 1.29 is 23.9 Å². The topological polar surface area (TPSA) is 112 Å². The van der Waals surface area contributed by atoms with Gasteiger partial charge < -0.3 is 19.7 Å². The second-order valence-corrected chi connectivity index (χ2v) is 11.1. The number of nitriles is 1. The predicted octanol–water partition coefficient (Wildman–Crippen LogP) is 4.47. The highest BCUT2D eigenvalue weighted by Crippen LogP contribution is 2.31. The van der Waals surface area contributed by atoms with Gasteiger partial charge in [-0.05, 0) is 61.2 Å². The molecule has 0 bridgehead atoms. The van der Waals surface area contributed by atoms with Gasteiger partial charge in [-0.3, -0.25) is 9.59 Å². The number of nitrogens with zero attached hydrogens (tertiary/aromatic N) is 3. The van der Waals surface area contributed by atoms with E-state index in [0.717, 1.165) is 32.9 Å². The van der Waals surface area contributed by atoms with Gasteiger partial charge in [-0.1, -0.05) is 48.5 Å². The summed E-state index contributed by atoms with van der Waals surface area (Å²) < 4.78 is 10.8. The van der Waals surface area contributed by atoms with E-state index >= 15 is 0 Å². The first-order valence-electron chi connectivity index (χ1n) is 14.0. The number of piperidine rings is 1. The minimum absolute atomic E-state index is 0.00530. The van der Waals surface area contributed by atoms with Gasteiger partial charge in [0.1, 0.15) is 12.3 Å². The van der Waals surface area contributed by atoms with Crippen LogP contribution in [0.5, 0.6) is 5.75 Å². The number of likely N-dealkylation sites (tertiary alicyclic amines) is 1. The predicted molar refractivity (Wildman–Crippen MR) is 156 cm³/mol. The molecule has 2 heterocycles. The molecule has 5 rings (SSSR count). The number of cyclic esters (lactones) is 1. The van der Waals surface area contributed by atoms with Crippen LogP contribution in [0.25, 0.3) is 11.1 Å². The lowest BCUT2D eigenvalue weighted by atomic mass is 9.85. The molecule has 0 spiro atoms. The maximum absolute atomic E-state index is 13.3. The molecule has 2 atom stereocenters. The van der Waals surface area contributed by atoms with E-state index < -0.39 is 17.6 Å². The Hall–Kier alpha value is -4.68. The van der Waals surface area contributed by atoms with Gasteiger partial charge in [0.2, 0.25) is 5.91 Å². The second kappa shape index (κ2) is 12.0. The lowest BCUT2D eigenvalue weighted by Crippen LogP contribution is -2.52. The van der Waals surface area contributed by atoms with Crippen LogP contribution in [-0.4, -0.2) is 66.1 Å². The Morgan fingerprint density at radius 2 is 1.79 bits per heavy atom. The Bertz CT molecular complexity index is 1510. The van der Waals surface area contributed by atoms with Crippen LogP contribution in [0, 0.1) is 11.3 Å². The third kappa shape index (κ3) is 5.99. The van der Waals surface area contributed by atoms with Crippen LogP contribution in [0.1, 0.15) is 42.9 Å². The van der Waals surface area contributed by atoms with Gasteiger partial charge in [-0.2, -0.15) is 5.26 Å². The average molecular weight is 567 g/mol. The molecule has 0 unspecified atom stereocenters. The first kappa shape index (κ1) is 28.8. The molecule has 0 aromatic heterocycles. The lowest BCUT2D eigenvalue weighted by Gasteiger charge is -2.40. The zero-order valence-electron chi connectivity index (χ0n) is 24.0. The molecule has 42 heavy (non-hydrogen) atoms. The second-order valence-electron chi connectivity index (χ2n) is 11.1. The highest BCUT2D eigenvalue weighted by Gasteiger charge is 2.48. The number of hydrogen-bond acceptors (Lipinski definition) is 7. The molecule has 2 fully saturated rings. The number of amides is 3. The number of methoxy groups -OCH3 is 1. The summed E-state index contributed by atoms with van der Waals surface area (Å²) >= 11 is 0. The maximum atomic E-state index is 13.3. The van der Waals surface area contributed by atoms with Crippen molar-refractivity contribution in [1.29, 1.82) is 5.26 Å². The van der Waals surface area contributed by atoms with Crippen molar-refractivity contribution in [2.45, 2.75) is 44.4 Å². The summed E-state index contributed by atoms with van der Waals surface area (Å²) in [5.74, 6) is -0.0218. The zero-order valence-corrected chi connectivity index (χ0v) is 24.0. The quantitative estimate of drug-likeness (QED) is 0.428. The van der Waals surface area contributed by atoms with E-state index in [1.54, 1.807) is 24.1 Å². The van der Waals surface area contributed by atoms with Crippen LogP contribution in [0.4, 0.5) is 4.79 Å².